The summed E-state index contributed by atoms with van der Waals surface area (Å²) < 4.78 is 5.02. The number of nitrogens with one attached hydrogen (secondary N) is 1. The zero-order chi connectivity index (χ0) is 22.1. The molecule has 10 heteroatoms. The maximum atomic E-state index is 11.7. The van der Waals surface area contributed by atoms with Gasteiger partial charge in [-0.3, -0.25) is 14.9 Å². The van der Waals surface area contributed by atoms with Gasteiger partial charge in [-0.2, -0.15) is 0 Å². The van der Waals surface area contributed by atoms with E-state index >= 15 is 0 Å². The van der Waals surface area contributed by atoms with Gasteiger partial charge in [-0.05, 0) is 17.5 Å². The summed E-state index contributed by atoms with van der Waals surface area (Å²) in [6.45, 7) is 0.0925. The molecule has 0 saturated heterocycles. The van der Waals surface area contributed by atoms with Crippen LogP contribution in [0.5, 0.6) is 0 Å². The average Bonchev–Trinajstić information content (AvgIpc) is 2.72. The van der Waals surface area contributed by atoms with E-state index in [2.05, 4.69) is 5.32 Å². The average molecular weight is 418 g/mol. The van der Waals surface area contributed by atoms with Gasteiger partial charge >= 0.3 is 12.1 Å². The van der Waals surface area contributed by atoms with Crippen molar-refractivity contribution in [1.82, 2.24) is 5.32 Å². The number of nitro groups is 1. The molecule has 30 heavy (non-hydrogen) atoms. The lowest BCUT2D eigenvalue weighted by Gasteiger charge is -2.18. The number of nitrogens with zero attached hydrogens (tertiary/aromatic N) is 1. The lowest BCUT2D eigenvalue weighted by atomic mass is 9.98. The molecule has 0 aliphatic heterocycles. The normalized spacial score (nSPS) is 12.6. The molecule has 0 spiro atoms. The molecule has 0 radical (unpaired) electrons. The van der Waals surface area contributed by atoms with Crippen LogP contribution in [-0.4, -0.2) is 45.0 Å². The molecule has 2 rings (SSSR count). The topological polar surface area (TPSA) is 159 Å². The fraction of sp³-hybridized carbons (Fsp3) is 0.300. The highest BCUT2D eigenvalue weighted by molar-refractivity contribution is 5.72. The van der Waals surface area contributed by atoms with Crippen molar-refractivity contribution in [3.05, 3.63) is 75.3 Å². The molecule has 1 amide bonds. The summed E-state index contributed by atoms with van der Waals surface area (Å²) in [5.74, 6) is -1.23. The summed E-state index contributed by atoms with van der Waals surface area (Å²) in [5, 5.41) is 42.8. The van der Waals surface area contributed by atoms with Gasteiger partial charge in [-0.1, -0.05) is 42.5 Å². The largest absolute Gasteiger partial charge is 0.481 e. The molecule has 2 aromatic rings. The molecule has 2 aromatic carbocycles. The number of benzene rings is 2. The number of amides is 1. The van der Waals surface area contributed by atoms with Crippen LogP contribution < -0.4 is 5.32 Å². The van der Waals surface area contributed by atoms with E-state index in [1.54, 1.807) is 12.1 Å². The molecule has 160 valence electrons. The van der Waals surface area contributed by atoms with E-state index in [1.165, 1.54) is 12.1 Å². The number of rotatable bonds is 10. The van der Waals surface area contributed by atoms with Gasteiger partial charge in [0, 0.05) is 18.2 Å². The second-order valence-corrected chi connectivity index (χ2v) is 6.51. The highest BCUT2D eigenvalue weighted by Crippen LogP contribution is 2.27. The summed E-state index contributed by atoms with van der Waals surface area (Å²) in [6.07, 6.45) is -4.03. The minimum absolute atomic E-state index is 0.00500. The SMILES string of the molecule is O=C(O)Cc1ccc(C(O)C(O)CCNC(=O)OCc2ccccc2)cc1[N+](=O)[O-]. The van der Waals surface area contributed by atoms with Gasteiger partial charge in [0.2, 0.25) is 0 Å². The van der Waals surface area contributed by atoms with E-state index in [0.717, 1.165) is 11.6 Å². The van der Waals surface area contributed by atoms with E-state index in [-0.39, 0.29) is 30.7 Å². The first-order valence-electron chi connectivity index (χ1n) is 9.07. The van der Waals surface area contributed by atoms with Crippen LogP contribution in [0.15, 0.2) is 48.5 Å². The van der Waals surface area contributed by atoms with Crippen molar-refractivity contribution in [2.24, 2.45) is 0 Å². The van der Waals surface area contributed by atoms with Crippen molar-refractivity contribution >= 4 is 17.7 Å². The van der Waals surface area contributed by atoms with Crippen LogP contribution in [0, 0.1) is 10.1 Å². The van der Waals surface area contributed by atoms with Crippen molar-refractivity contribution in [1.29, 1.82) is 0 Å². The van der Waals surface area contributed by atoms with Crippen LogP contribution in [0.4, 0.5) is 10.5 Å². The minimum Gasteiger partial charge on any atom is -0.481 e. The molecule has 0 aliphatic carbocycles. The number of carbonyl (C=O) groups is 2. The van der Waals surface area contributed by atoms with E-state index in [4.69, 9.17) is 9.84 Å². The zero-order valence-electron chi connectivity index (χ0n) is 15.9. The quantitative estimate of drug-likeness (QED) is 0.336. The highest BCUT2D eigenvalue weighted by atomic mass is 16.6. The summed E-state index contributed by atoms with van der Waals surface area (Å²) in [6, 6.07) is 12.7. The predicted octanol–water partition coefficient (Wildman–Crippen LogP) is 1.93. The van der Waals surface area contributed by atoms with Gasteiger partial charge in [0.1, 0.15) is 12.7 Å². The molecule has 0 aromatic heterocycles. The zero-order valence-corrected chi connectivity index (χ0v) is 15.9. The Balaban J connectivity index is 1.87. The Bertz CT molecular complexity index is 888. The number of alkyl carbamates (subject to hydrolysis) is 1. The van der Waals surface area contributed by atoms with E-state index in [1.807, 2.05) is 18.2 Å². The Kier molecular flexibility index (Phi) is 8.27. The van der Waals surface area contributed by atoms with Crippen LogP contribution in [0.1, 0.15) is 29.2 Å². The van der Waals surface area contributed by atoms with E-state index < -0.39 is 41.3 Å². The van der Waals surface area contributed by atoms with Crippen molar-refractivity contribution in [3.63, 3.8) is 0 Å². The molecule has 2 atom stereocenters. The number of nitro benzene ring substituents is 1. The van der Waals surface area contributed by atoms with Crippen LogP contribution in [0.2, 0.25) is 0 Å². The molecule has 0 fully saturated rings. The Morgan fingerprint density at radius 2 is 1.83 bits per heavy atom. The first kappa shape index (κ1) is 22.8. The third-order valence-corrected chi connectivity index (χ3v) is 4.28. The van der Waals surface area contributed by atoms with Crippen LogP contribution in [-0.2, 0) is 22.6 Å². The number of carbonyl (C=O) groups excluding carboxylic acids is 1. The van der Waals surface area contributed by atoms with Crippen LogP contribution in [0.25, 0.3) is 0 Å². The smallest absolute Gasteiger partial charge is 0.407 e. The standard InChI is InChI=1S/C20H22N2O8/c23-17(8-9-21-20(27)30-12-13-4-2-1-3-5-13)19(26)15-7-6-14(11-18(24)25)16(10-15)22(28)29/h1-7,10,17,19,23,26H,8-9,11-12H2,(H,21,27)(H,24,25). The fourth-order valence-corrected chi connectivity index (χ4v) is 2.72. The maximum absolute atomic E-state index is 11.7. The first-order chi connectivity index (χ1) is 14.3. The molecule has 0 saturated carbocycles. The van der Waals surface area contributed by atoms with Crippen molar-refractivity contribution in [2.45, 2.75) is 31.7 Å². The van der Waals surface area contributed by atoms with E-state index in [9.17, 15) is 29.9 Å². The summed E-state index contributed by atoms with van der Waals surface area (Å²) >= 11 is 0. The fourth-order valence-electron chi connectivity index (χ4n) is 2.72. The summed E-state index contributed by atoms with van der Waals surface area (Å²) in [4.78, 5) is 32.9. The summed E-state index contributed by atoms with van der Waals surface area (Å²) in [5.41, 5.74) is 0.413. The van der Waals surface area contributed by atoms with Crippen molar-refractivity contribution in [3.8, 4) is 0 Å². The van der Waals surface area contributed by atoms with Gasteiger partial charge in [0.05, 0.1) is 17.4 Å². The van der Waals surface area contributed by atoms with Crippen LogP contribution in [0.3, 0.4) is 0 Å². The Morgan fingerprint density at radius 3 is 2.47 bits per heavy atom. The van der Waals surface area contributed by atoms with Gasteiger partial charge in [-0.15, -0.1) is 0 Å². The monoisotopic (exact) mass is 418 g/mol. The third-order valence-electron chi connectivity index (χ3n) is 4.28. The number of aliphatic hydroxyl groups excluding tert-OH is 2. The summed E-state index contributed by atoms with van der Waals surface area (Å²) in [7, 11) is 0. The third kappa shape index (κ3) is 6.83. The van der Waals surface area contributed by atoms with Crippen LogP contribution >= 0.6 is 0 Å². The van der Waals surface area contributed by atoms with Crippen molar-refractivity contribution < 1.29 is 34.6 Å². The number of hydrogen-bond acceptors (Lipinski definition) is 7. The lowest BCUT2D eigenvalue weighted by molar-refractivity contribution is -0.385. The highest BCUT2D eigenvalue weighted by Gasteiger charge is 2.23. The lowest BCUT2D eigenvalue weighted by Crippen LogP contribution is -2.29. The molecule has 2 unspecified atom stereocenters. The van der Waals surface area contributed by atoms with E-state index in [0.29, 0.717) is 0 Å². The molecular weight excluding hydrogens is 396 g/mol. The molecular formula is C20H22N2O8. The van der Waals surface area contributed by atoms with Gasteiger partial charge in [0.25, 0.3) is 5.69 Å². The molecule has 4 N–H and O–H groups in total. The molecule has 0 aliphatic rings. The Labute approximate surface area is 171 Å². The second-order valence-electron chi connectivity index (χ2n) is 6.51. The number of aliphatic carboxylic acids is 1. The predicted molar refractivity (Wildman–Crippen MR) is 105 cm³/mol. The number of aliphatic hydroxyl groups is 2. The number of ether oxygens (including phenoxy) is 1. The number of carboxylic acids is 1. The first-order valence-corrected chi connectivity index (χ1v) is 9.07. The van der Waals surface area contributed by atoms with Gasteiger partial charge in [0.15, 0.2) is 0 Å². The molecule has 10 nitrogen and oxygen atoms in total. The second kappa shape index (κ2) is 10.9. The Hall–Kier alpha value is -3.50. The Morgan fingerprint density at radius 1 is 1.13 bits per heavy atom. The maximum Gasteiger partial charge on any atom is 0.407 e. The molecule has 0 bridgehead atoms. The van der Waals surface area contributed by atoms with Gasteiger partial charge in [-0.25, -0.2) is 4.79 Å². The molecule has 0 heterocycles. The number of hydrogen-bond donors (Lipinski definition) is 4. The van der Waals surface area contributed by atoms with Gasteiger partial charge < -0.3 is 25.4 Å². The van der Waals surface area contributed by atoms with Crippen molar-refractivity contribution in [2.75, 3.05) is 6.54 Å². The minimum atomic E-state index is -1.45. The number of carboxylic acid groups (broad SMARTS) is 1.